The van der Waals surface area contributed by atoms with Crippen molar-refractivity contribution in [2.45, 2.75) is 58.3 Å². The summed E-state index contributed by atoms with van der Waals surface area (Å²) in [6, 6.07) is 14.9. The summed E-state index contributed by atoms with van der Waals surface area (Å²) >= 11 is 3.45. The molecule has 0 atom stereocenters. The molecule has 1 N–H and O–H groups in total. The number of benzene rings is 2. The maximum atomic E-state index is 12.2. The minimum absolute atomic E-state index is 0.247. The second-order valence-electron chi connectivity index (χ2n) is 7.07. The average Bonchev–Trinajstić information content (AvgIpc) is 2.74. The van der Waals surface area contributed by atoms with Crippen LogP contribution in [0.2, 0.25) is 0 Å². The molecule has 0 saturated carbocycles. The van der Waals surface area contributed by atoms with Crippen molar-refractivity contribution < 1.29 is 9.53 Å². The second-order valence-corrected chi connectivity index (χ2v) is 7.92. The number of hydrazone groups is 1. The fraction of sp³-hybridized carbons (Fsp3) is 0.417. The Balaban J connectivity index is 1.65. The molecule has 4 nitrogen and oxygen atoms in total. The number of hydrogen-bond acceptors (Lipinski definition) is 3. The van der Waals surface area contributed by atoms with E-state index in [0.29, 0.717) is 5.56 Å². The first-order valence-electron chi connectivity index (χ1n) is 10.5. The van der Waals surface area contributed by atoms with Gasteiger partial charge in [-0.25, -0.2) is 5.43 Å². The second kappa shape index (κ2) is 13.9. The number of halogens is 1. The number of unbranched alkanes of at least 4 members (excludes halogenated alkanes) is 7. The molecule has 2 aromatic rings. The summed E-state index contributed by atoms with van der Waals surface area (Å²) in [6.45, 7) is 2.96. The van der Waals surface area contributed by atoms with E-state index in [4.69, 9.17) is 4.74 Å². The Morgan fingerprint density at radius 3 is 2.31 bits per heavy atom. The van der Waals surface area contributed by atoms with Crippen LogP contribution >= 0.6 is 15.9 Å². The van der Waals surface area contributed by atoms with Crippen LogP contribution in [-0.2, 0) is 0 Å². The SMILES string of the molecule is CCCCCCCCCCOc1ccc(C(=O)NN=Cc2ccccc2Br)cc1. The summed E-state index contributed by atoms with van der Waals surface area (Å²) in [4.78, 5) is 12.2. The van der Waals surface area contributed by atoms with Crippen molar-refractivity contribution >= 4 is 28.1 Å². The fourth-order valence-electron chi connectivity index (χ4n) is 2.93. The first-order chi connectivity index (χ1) is 14.2. The molecule has 0 aliphatic carbocycles. The molecular formula is C24H31BrN2O2. The summed E-state index contributed by atoms with van der Waals surface area (Å²) in [5.74, 6) is 0.545. The predicted molar refractivity (Wildman–Crippen MR) is 124 cm³/mol. The maximum absolute atomic E-state index is 12.2. The number of hydrogen-bond donors (Lipinski definition) is 1. The van der Waals surface area contributed by atoms with Gasteiger partial charge in [-0.15, -0.1) is 0 Å². The van der Waals surface area contributed by atoms with Crippen LogP contribution in [0.3, 0.4) is 0 Å². The van der Waals surface area contributed by atoms with E-state index >= 15 is 0 Å². The van der Waals surface area contributed by atoms with Crippen molar-refractivity contribution in [2.24, 2.45) is 5.10 Å². The highest BCUT2D eigenvalue weighted by atomic mass is 79.9. The Hall–Kier alpha value is -2.14. The minimum atomic E-state index is -0.247. The minimum Gasteiger partial charge on any atom is -0.494 e. The van der Waals surface area contributed by atoms with E-state index in [0.717, 1.165) is 28.8 Å². The molecule has 0 radical (unpaired) electrons. The summed E-state index contributed by atoms with van der Waals surface area (Å²) in [5.41, 5.74) is 4.00. The molecule has 0 unspecified atom stereocenters. The quantitative estimate of drug-likeness (QED) is 0.205. The first-order valence-corrected chi connectivity index (χ1v) is 11.3. The summed E-state index contributed by atoms with van der Waals surface area (Å²) in [6.07, 6.45) is 11.9. The molecule has 156 valence electrons. The standard InChI is InChI=1S/C24H31BrN2O2/c1-2-3-4-5-6-7-8-11-18-29-22-16-14-20(15-17-22)24(28)27-26-19-21-12-9-10-13-23(21)25/h9-10,12-17,19H,2-8,11,18H2,1H3,(H,27,28). The van der Waals surface area contributed by atoms with Gasteiger partial charge in [-0.05, 0) is 36.8 Å². The van der Waals surface area contributed by atoms with Crippen molar-refractivity contribution in [3.05, 3.63) is 64.1 Å². The van der Waals surface area contributed by atoms with Gasteiger partial charge >= 0.3 is 0 Å². The third kappa shape index (κ3) is 9.27. The Labute approximate surface area is 182 Å². The van der Waals surface area contributed by atoms with Gasteiger partial charge in [0, 0.05) is 15.6 Å². The summed E-state index contributed by atoms with van der Waals surface area (Å²) in [7, 11) is 0. The van der Waals surface area contributed by atoms with Crippen molar-refractivity contribution in [2.75, 3.05) is 6.61 Å². The Morgan fingerprint density at radius 1 is 0.966 bits per heavy atom. The summed E-state index contributed by atoms with van der Waals surface area (Å²) < 4.78 is 6.70. The third-order valence-corrected chi connectivity index (χ3v) is 5.38. The van der Waals surface area contributed by atoms with Gasteiger partial charge < -0.3 is 4.74 Å². The van der Waals surface area contributed by atoms with Gasteiger partial charge in [-0.2, -0.15) is 5.10 Å². The first kappa shape index (κ1) is 23.1. The largest absolute Gasteiger partial charge is 0.494 e. The molecule has 29 heavy (non-hydrogen) atoms. The number of nitrogens with zero attached hydrogens (tertiary/aromatic N) is 1. The number of nitrogens with one attached hydrogen (secondary N) is 1. The Morgan fingerprint density at radius 2 is 1.62 bits per heavy atom. The van der Waals surface area contributed by atoms with Crippen molar-refractivity contribution in [1.82, 2.24) is 5.43 Å². The highest BCUT2D eigenvalue weighted by molar-refractivity contribution is 9.10. The maximum Gasteiger partial charge on any atom is 0.271 e. The zero-order valence-electron chi connectivity index (χ0n) is 17.2. The monoisotopic (exact) mass is 458 g/mol. The van der Waals surface area contributed by atoms with Crippen LogP contribution in [0.5, 0.6) is 5.75 Å². The average molecular weight is 459 g/mol. The smallest absolute Gasteiger partial charge is 0.271 e. The molecule has 5 heteroatoms. The molecule has 2 aromatic carbocycles. The molecule has 0 fully saturated rings. The van der Waals surface area contributed by atoms with Crippen LogP contribution in [-0.4, -0.2) is 18.7 Å². The topological polar surface area (TPSA) is 50.7 Å². The van der Waals surface area contributed by atoms with E-state index in [1.807, 2.05) is 36.4 Å². The van der Waals surface area contributed by atoms with E-state index in [9.17, 15) is 4.79 Å². The molecule has 0 aliphatic heterocycles. The van der Waals surface area contributed by atoms with Crippen LogP contribution < -0.4 is 10.2 Å². The number of amides is 1. The molecule has 2 rings (SSSR count). The van der Waals surface area contributed by atoms with Gasteiger partial charge in [0.1, 0.15) is 5.75 Å². The van der Waals surface area contributed by atoms with E-state index in [-0.39, 0.29) is 5.91 Å². The third-order valence-electron chi connectivity index (χ3n) is 4.66. The van der Waals surface area contributed by atoms with Crippen LogP contribution in [0.25, 0.3) is 0 Å². The van der Waals surface area contributed by atoms with Gasteiger partial charge in [0.2, 0.25) is 0 Å². The van der Waals surface area contributed by atoms with Crippen molar-refractivity contribution in [1.29, 1.82) is 0 Å². The highest BCUT2D eigenvalue weighted by Gasteiger charge is 2.04. The molecule has 0 bridgehead atoms. The van der Waals surface area contributed by atoms with E-state index < -0.39 is 0 Å². The van der Waals surface area contributed by atoms with E-state index in [2.05, 4.69) is 33.4 Å². The normalized spacial score (nSPS) is 11.0. The molecule has 0 saturated heterocycles. The van der Waals surface area contributed by atoms with Gasteiger partial charge in [-0.1, -0.05) is 86.0 Å². The number of carbonyl (C=O) groups is 1. The van der Waals surface area contributed by atoms with Crippen LogP contribution in [0.4, 0.5) is 0 Å². The number of ether oxygens (including phenoxy) is 1. The van der Waals surface area contributed by atoms with Gasteiger partial charge in [0.25, 0.3) is 5.91 Å². The van der Waals surface area contributed by atoms with E-state index in [1.54, 1.807) is 18.3 Å². The molecule has 1 amide bonds. The van der Waals surface area contributed by atoms with Gasteiger partial charge in [0.05, 0.1) is 12.8 Å². The zero-order valence-corrected chi connectivity index (χ0v) is 18.8. The van der Waals surface area contributed by atoms with Crippen molar-refractivity contribution in [3.8, 4) is 5.75 Å². The number of rotatable bonds is 13. The molecule has 0 aliphatic rings. The van der Waals surface area contributed by atoms with Crippen LogP contribution in [0.1, 0.15) is 74.2 Å². The Kier molecular flexibility index (Phi) is 11.1. The molecule has 0 aromatic heterocycles. The number of carbonyl (C=O) groups excluding carboxylic acids is 1. The molecule has 0 heterocycles. The highest BCUT2D eigenvalue weighted by Crippen LogP contribution is 2.15. The van der Waals surface area contributed by atoms with Crippen LogP contribution in [0, 0.1) is 0 Å². The lowest BCUT2D eigenvalue weighted by Crippen LogP contribution is -2.17. The predicted octanol–water partition coefficient (Wildman–Crippen LogP) is 6.73. The lowest BCUT2D eigenvalue weighted by molar-refractivity contribution is 0.0955. The van der Waals surface area contributed by atoms with E-state index in [1.165, 1.54) is 44.9 Å². The van der Waals surface area contributed by atoms with Crippen molar-refractivity contribution in [3.63, 3.8) is 0 Å². The van der Waals surface area contributed by atoms with Crippen LogP contribution in [0.15, 0.2) is 58.1 Å². The fourth-order valence-corrected chi connectivity index (χ4v) is 3.32. The molecular weight excluding hydrogens is 428 g/mol. The summed E-state index contributed by atoms with van der Waals surface area (Å²) in [5, 5.41) is 4.02. The molecule has 0 spiro atoms. The van der Waals surface area contributed by atoms with Gasteiger partial charge in [-0.3, -0.25) is 4.79 Å². The van der Waals surface area contributed by atoms with Gasteiger partial charge in [0.15, 0.2) is 0 Å². The lowest BCUT2D eigenvalue weighted by atomic mass is 10.1. The zero-order chi connectivity index (χ0) is 20.7. The lowest BCUT2D eigenvalue weighted by Gasteiger charge is -2.07. The Bertz CT molecular complexity index is 760.